The number of ether oxygens (including phenoxy) is 3. The molecule has 0 unspecified atom stereocenters. The molecule has 1 N–H and O–H groups in total. The highest BCUT2D eigenvalue weighted by molar-refractivity contribution is 5.99. The molecular weight excluding hydrogens is 320 g/mol. The number of nitro groups is 1. The van der Waals surface area contributed by atoms with E-state index in [0.29, 0.717) is 13.0 Å². The Balaban J connectivity index is 2.94. The molecule has 0 aliphatic heterocycles. The number of nitrogens with zero attached hydrogens (tertiary/aromatic N) is 1. The summed E-state index contributed by atoms with van der Waals surface area (Å²) in [5.74, 6) is -0.607. The monoisotopic (exact) mass is 340 g/mol. The molecule has 1 aromatic rings. The first-order valence-corrected chi connectivity index (χ1v) is 7.28. The van der Waals surface area contributed by atoms with Crippen molar-refractivity contribution in [2.75, 3.05) is 27.4 Å². The molecule has 9 nitrogen and oxygen atoms in total. The molecule has 0 aromatic heterocycles. The molecule has 0 aliphatic rings. The Hall–Kier alpha value is -2.84. The number of hydrogen-bond acceptors (Lipinski definition) is 7. The molecule has 0 saturated heterocycles. The van der Waals surface area contributed by atoms with E-state index in [1.165, 1.54) is 20.3 Å². The molecule has 0 bridgehead atoms. The lowest BCUT2D eigenvalue weighted by Gasteiger charge is -2.12. The number of nitro benzene ring substituents is 1. The number of methoxy groups -OCH3 is 2. The third kappa shape index (κ3) is 5.11. The summed E-state index contributed by atoms with van der Waals surface area (Å²) in [6.45, 7) is 2.24. The number of rotatable bonds is 9. The molecule has 9 heteroatoms. The quantitative estimate of drug-likeness (QED) is 0.314. The fraction of sp³-hybridized carbons (Fsp3) is 0.467. The fourth-order valence-corrected chi connectivity index (χ4v) is 1.94. The minimum Gasteiger partial charge on any atom is -0.493 e. The summed E-state index contributed by atoms with van der Waals surface area (Å²) < 4.78 is 14.9. The maximum Gasteiger partial charge on any atom is 0.305 e. The highest BCUT2D eigenvalue weighted by atomic mass is 16.6. The number of carbonyl (C=O) groups is 2. The van der Waals surface area contributed by atoms with Crippen molar-refractivity contribution >= 4 is 17.6 Å². The van der Waals surface area contributed by atoms with Crippen LogP contribution in [0.5, 0.6) is 11.5 Å². The van der Waals surface area contributed by atoms with Gasteiger partial charge in [-0.3, -0.25) is 19.7 Å². The van der Waals surface area contributed by atoms with E-state index in [1.54, 1.807) is 6.92 Å². The Labute approximate surface area is 139 Å². The van der Waals surface area contributed by atoms with Crippen molar-refractivity contribution in [3.05, 3.63) is 27.8 Å². The number of benzene rings is 1. The van der Waals surface area contributed by atoms with E-state index < -0.39 is 16.8 Å². The Bertz CT molecular complexity index is 616. The van der Waals surface area contributed by atoms with Gasteiger partial charge < -0.3 is 19.5 Å². The largest absolute Gasteiger partial charge is 0.493 e. The summed E-state index contributed by atoms with van der Waals surface area (Å²) >= 11 is 0. The van der Waals surface area contributed by atoms with Crippen LogP contribution in [0.1, 0.15) is 30.1 Å². The zero-order valence-corrected chi connectivity index (χ0v) is 13.8. The van der Waals surface area contributed by atoms with E-state index in [1.807, 2.05) is 0 Å². The summed E-state index contributed by atoms with van der Waals surface area (Å²) in [7, 11) is 2.63. The molecule has 24 heavy (non-hydrogen) atoms. The van der Waals surface area contributed by atoms with Crippen molar-refractivity contribution in [2.24, 2.45) is 0 Å². The van der Waals surface area contributed by atoms with Crippen molar-refractivity contribution in [1.82, 2.24) is 5.32 Å². The van der Waals surface area contributed by atoms with Crippen LogP contribution in [0.4, 0.5) is 5.69 Å². The van der Waals surface area contributed by atoms with Crippen molar-refractivity contribution in [3.63, 3.8) is 0 Å². The Morgan fingerprint density at radius 1 is 1.25 bits per heavy atom. The maximum absolute atomic E-state index is 12.2. The van der Waals surface area contributed by atoms with Gasteiger partial charge in [0.15, 0.2) is 11.5 Å². The second-order valence-corrected chi connectivity index (χ2v) is 4.65. The first-order chi connectivity index (χ1) is 11.4. The summed E-state index contributed by atoms with van der Waals surface area (Å²) in [5.41, 5.74) is -0.525. The first-order valence-electron chi connectivity index (χ1n) is 7.28. The van der Waals surface area contributed by atoms with Crippen molar-refractivity contribution in [2.45, 2.75) is 19.8 Å². The minimum absolute atomic E-state index is 0.137. The van der Waals surface area contributed by atoms with Gasteiger partial charge in [0, 0.05) is 19.0 Å². The van der Waals surface area contributed by atoms with Gasteiger partial charge >= 0.3 is 5.97 Å². The average molecular weight is 340 g/mol. The van der Waals surface area contributed by atoms with E-state index in [4.69, 9.17) is 9.47 Å². The van der Waals surface area contributed by atoms with Crippen LogP contribution in [-0.2, 0) is 9.53 Å². The molecule has 132 valence electrons. The molecule has 0 saturated carbocycles. The van der Waals surface area contributed by atoms with Gasteiger partial charge in [0.1, 0.15) is 5.56 Å². The standard InChI is InChI=1S/C15H20N2O7/c1-4-24-13-8-10(11(17(20)21)9-12(13)22-2)15(19)16-7-5-6-14(18)23-3/h8-9H,4-7H2,1-3H3,(H,16,19). The Morgan fingerprint density at radius 2 is 1.96 bits per heavy atom. The smallest absolute Gasteiger partial charge is 0.305 e. The zero-order valence-electron chi connectivity index (χ0n) is 13.8. The SMILES string of the molecule is CCOc1cc(C(=O)NCCCC(=O)OC)c([N+](=O)[O-])cc1OC. The summed E-state index contributed by atoms with van der Waals surface area (Å²) in [5, 5.41) is 13.7. The van der Waals surface area contributed by atoms with Crippen LogP contribution >= 0.6 is 0 Å². The minimum atomic E-state index is -0.665. The van der Waals surface area contributed by atoms with E-state index in [2.05, 4.69) is 10.1 Å². The van der Waals surface area contributed by atoms with Crippen molar-refractivity contribution in [1.29, 1.82) is 0 Å². The number of hydrogen-bond donors (Lipinski definition) is 1. The van der Waals surface area contributed by atoms with E-state index >= 15 is 0 Å². The van der Waals surface area contributed by atoms with E-state index in [0.717, 1.165) is 6.07 Å². The van der Waals surface area contributed by atoms with Crippen LogP contribution in [0, 0.1) is 10.1 Å². The van der Waals surface area contributed by atoms with Gasteiger partial charge in [0.25, 0.3) is 11.6 Å². The number of nitrogens with one attached hydrogen (secondary N) is 1. The zero-order chi connectivity index (χ0) is 18.1. The van der Waals surface area contributed by atoms with Gasteiger partial charge in [-0.15, -0.1) is 0 Å². The van der Waals surface area contributed by atoms with Crippen LogP contribution in [0.25, 0.3) is 0 Å². The van der Waals surface area contributed by atoms with Gasteiger partial charge in [0.05, 0.1) is 31.8 Å². The van der Waals surface area contributed by atoms with Gasteiger partial charge in [-0.05, 0) is 13.3 Å². The Morgan fingerprint density at radius 3 is 2.50 bits per heavy atom. The normalized spacial score (nSPS) is 9.96. The molecule has 0 atom stereocenters. The average Bonchev–Trinajstić information content (AvgIpc) is 2.57. The highest BCUT2D eigenvalue weighted by Crippen LogP contribution is 2.34. The number of esters is 1. The van der Waals surface area contributed by atoms with Crippen molar-refractivity contribution in [3.8, 4) is 11.5 Å². The molecular formula is C15H20N2O7. The first kappa shape index (κ1) is 19.2. The van der Waals surface area contributed by atoms with E-state index in [-0.39, 0.29) is 35.7 Å². The van der Waals surface area contributed by atoms with Crippen LogP contribution in [0.3, 0.4) is 0 Å². The number of amides is 1. The molecule has 1 amide bonds. The summed E-state index contributed by atoms with van der Waals surface area (Å²) in [6.07, 6.45) is 0.506. The fourth-order valence-electron chi connectivity index (χ4n) is 1.94. The van der Waals surface area contributed by atoms with E-state index in [9.17, 15) is 19.7 Å². The van der Waals surface area contributed by atoms with Gasteiger partial charge in [-0.1, -0.05) is 0 Å². The second-order valence-electron chi connectivity index (χ2n) is 4.65. The third-order valence-electron chi connectivity index (χ3n) is 3.09. The predicted octanol–water partition coefficient (Wildman–Crippen LogP) is 1.69. The summed E-state index contributed by atoms with van der Waals surface area (Å²) in [4.78, 5) is 33.7. The van der Waals surface area contributed by atoms with Gasteiger partial charge in [-0.25, -0.2) is 0 Å². The molecule has 0 spiro atoms. The van der Waals surface area contributed by atoms with Gasteiger partial charge in [-0.2, -0.15) is 0 Å². The van der Waals surface area contributed by atoms with Crippen LogP contribution in [0.15, 0.2) is 12.1 Å². The lowest BCUT2D eigenvalue weighted by molar-refractivity contribution is -0.385. The maximum atomic E-state index is 12.2. The third-order valence-corrected chi connectivity index (χ3v) is 3.09. The van der Waals surface area contributed by atoms with Crippen LogP contribution < -0.4 is 14.8 Å². The molecule has 1 aromatic carbocycles. The van der Waals surface area contributed by atoms with Crippen LogP contribution in [-0.4, -0.2) is 44.2 Å². The molecule has 0 radical (unpaired) electrons. The molecule has 0 fully saturated rings. The van der Waals surface area contributed by atoms with Crippen LogP contribution in [0.2, 0.25) is 0 Å². The lowest BCUT2D eigenvalue weighted by atomic mass is 10.1. The van der Waals surface area contributed by atoms with Crippen molar-refractivity contribution < 1.29 is 28.7 Å². The molecule has 0 heterocycles. The highest BCUT2D eigenvalue weighted by Gasteiger charge is 2.24. The topological polar surface area (TPSA) is 117 Å². The predicted molar refractivity (Wildman–Crippen MR) is 84.4 cm³/mol. The molecule has 1 rings (SSSR count). The lowest BCUT2D eigenvalue weighted by Crippen LogP contribution is -2.26. The van der Waals surface area contributed by atoms with Gasteiger partial charge in [0.2, 0.25) is 0 Å². The summed E-state index contributed by atoms with van der Waals surface area (Å²) in [6, 6.07) is 2.42. The molecule has 0 aliphatic carbocycles. The Kier molecular flexibility index (Phi) is 7.47. The second kappa shape index (κ2) is 9.33. The number of carbonyl (C=O) groups excluding carboxylic acids is 2.